The third kappa shape index (κ3) is 4.35. The molecule has 1 aromatic heterocycles. The molecule has 2 fully saturated rings. The number of nitrogens with zero attached hydrogens (tertiary/aromatic N) is 4. The Morgan fingerprint density at radius 3 is 2.38 bits per heavy atom. The van der Waals surface area contributed by atoms with Crippen LogP contribution >= 0.6 is 11.6 Å². The first kappa shape index (κ1) is 21.3. The topological polar surface area (TPSA) is 60.4 Å². The van der Waals surface area contributed by atoms with Gasteiger partial charge in [0.1, 0.15) is 11.4 Å². The molecule has 0 unspecified atom stereocenters. The van der Waals surface area contributed by atoms with E-state index in [1.54, 1.807) is 0 Å². The lowest BCUT2D eigenvalue weighted by molar-refractivity contribution is -0.169. The molecule has 2 saturated heterocycles. The van der Waals surface area contributed by atoms with Crippen LogP contribution in [0.3, 0.4) is 0 Å². The molecule has 0 aliphatic carbocycles. The molecule has 0 saturated carbocycles. The minimum absolute atomic E-state index is 0.428. The molecule has 7 heteroatoms. The van der Waals surface area contributed by atoms with Gasteiger partial charge in [-0.25, -0.2) is 4.98 Å². The summed E-state index contributed by atoms with van der Waals surface area (Å²) in [6.07, 6.45) is 3.78. The Bertz CT molecular complexity index is 1070. The number of halogens is 1. The zero-order chi connectivity index (χ0) is 22.0. The van der Waals surface area contributed by atoms with Gasteiger partial charge < -0.3 is 14.4 Å². The van der Waals surface area contributed by atoms with E-state index in [0.717, 1.165) is 61.3 Å². The molecule has 0 N–H and O–H groups in total. The highest BCUT2D eigenvalue weighted by Crippen LogP contribution is 2.34. The van der Waals surface area contributed by atoms with Crippen molar-refractivity contribution in [2.45, 2.75) is 38.4 Å². The SMILES string of the molecule is CCCc1ccc(-c2nc(N3CCC4(CC3)OCCO4)nnc2-c2cccc(Cl)c2)cc1. The Hall–Kier alpha value is -2.54. The fourth-order valence-electron chi connectivity index (χ4n) is 4.43. The van der Waals surface area contributed by atoms with E-state index in [0.29, 0.717) is 24.2 Å². The van der Waals surface area contributed by atoms with E-state index >= 15 is 0 Å². The zero-order valence-electron chi connectivity index (χ0n) is 18.3. The summed E-state index contributed by atoms with van der Waals surface area (Å²) in [5.74, 6) is 0.207. The van der Waals surface area contributed by atoms with Crippen LogP contribution in [-0.4, -0.2) is 47.3 Å². The number of benzene rings is 2. The molecule has 0 radical (unpaired) electrons. The highest BCUT2D eigenvalue weighted by Gasteiger charge is 2.40. The number of aromatic nitrogens is 3. The molecule has 3 aromatic rings. The fourth-order valence-corrected chi connectivity index (χ4v) is 4.62. The molecular weight excluding hydrogens is 424 g/mol. The molecule has 32 heavy (non-hydrogen) atoms. The first-order valence-corrected chi connectivity index (χ1v) is 11.7. The normalized spacial score (nSPS) is 17.8. The number of anilines is 1. The van der Waals surface area contributed by atoms with E-state index in [2.05, 4.69) is 46.3 Å². The number of hydrogen-bond acceptors (Lipinski definition) is 6. The summed E-state index contributed by atoms with van der Waals surface area (Å²) in [6, 6.07) is 16.3. The third-order valence-electron chi connectivity index (χ3n) is 6.16. The van der Waals surface area contributed by atoms with E-state index in [9.17, 15) is 0 Å². The minimum Gasteiger partial charge on any atom is -0.347 e. The van der Waals surface area contributed by atoms with Crippen LogP contribution in [-0.2, 0) is 15.9 Å². The molecule has 6 nitrogen and oxygen atoms in total. The monoisotopic (exact) mass is 450 g/mol. The standard InChI is InChI=1S/C25H27ClN4O2/c1-2-4-18-7-9-19(10-8-18)22-23(20-5-3-6-21(26)17-20)28-29-24(27-22)30-13-11-25(12-14-30)31-15-16-32-25/h3,5-10,17H,2,4,11-16H2,1H3. The molecule has 0 bridgehead atoms. The van der Waals surface area contributed by atoms with Crippen LogP contribution in [0.2, 0.25) is 5.02 Å². The Morgan fingerprint density at radius 1 is 0.938 bits per heavy atom. The van der Waals surface area contributed by atoms with E-state index in [-0.39, 0.29) is 0 Å². The van der Waals surface area contributed by atoms with Gasteiger partial charge in [-0.05, 0) is 24.1 Å². The molecule has 3 heterocycles. The van der Waals surface area contributed by atoms with Crippen molar-refractivity contribution in [2.75, 3.05) is 31.2 Å². The third-order valence-corrected chi connectivity index (χ3v) is 6.40. The van der Waals surface area contributed by atoms with Crippen molar-refractivity contribution in [1.29, 1.82) is 0 Å². The van der Waals surface area contributed by atoms with Gasteiger partial charge in [0.2, 0.25) is 5.95 Å². The van der Waals surface area contributed by atoms with Crippen molar-refractivity contribution >= 4 is 17.5 Å². The average Bonchev–Trinajstić information content (AvgIpc) is 3.28. The second kappa shape index (κ2) is 9.14. The molecule has 0 atom stereocenters. The Morgan fingerprint density at radius 2 is 1.69 bits per heavy atom. The number of aryl methyl sites for hydroxylation is 1. The summed E-state index contributed by atoms with van der Waals surface area (Å²) >= 11 is 6.26. The molecular formula is C25H27ClN4O2. The fraction of sp³-hybridized carbons (Fsp3) is 0.400. The van der Waals surface area contributed by atoms with E-state index < -0.39 is 5.79 Å². The molecule has 2 aliphatic heterocycles. The average molecular weight is 451 g/mol. The van der Waals surface area contributed by atoms with Gasteiger partial charge in [-0.3, -0.25) is 0 Å². The lowest BCUT2D eigenvalue weighted by Gasteiger charge is -2.37. The van der Waals surface area contributed by atoms with Crippen molar-refractivity contribution in [2.24, 2.45) is 0 Å². The molecule has 5 rings (SSSR count). The maximum atomic E-state index is 6.26. The van der Waals surface area contributed by atoms with Gasteiger partial charge in [-0.1, -0.05) is 61.3 Å². The van der Waals surface area contributed by atoms with Gasteiger partial charge in [0.05, 0.1) is 13.2 Å². The van der Waals surface area contributed by atoms with Crippen LogP contribution in [0.25, 0.3) is 22.5 Å². The van der Waals surface area contributed by atoms with E-state index in [1.807, 2.05) is 24.3 Å². The van der Waals surface area contributed by atoms with Crippen molar-refractivity contribution in [1.82, 2.24) is 15.2 Å². The van der Waals surface area contributed by atoms with Crippen LogP contribution in [0.5, 0.6) is 0 Å². The van der Waals surface area contributed by atoms with Crippen LogP contribution in [0.1, 0.15) is 31.7 Å². The minimum atomic E-state index is -0.428. The number of ether oxygens (including phenoxy) is 2. The first-order chi connectivity index (χ1) is 15.7. The van der Waals surface area contributed by atoms with Crippen LogP contribution in [0.4, 0.5) is 5.95 Å². The smallest absolute Gasteiger partial charge is 0.245 e. The van der Waals surface area contributed by atoms with Crippen molar-refractivity contribution in [3.05, 3.63) is 59.1 Å². The highest BCUT2D eigenvalue weighted by atomic mass is 35.5. The van der Waals surface area contributed by atoms with Gasteiger partial charge in [0, 0.05) is 42.1 Å². The molecule has 0 amide bonds. The van der Waals surface area contributed by atoms with Gasteiger partial charge in [-0.15, -0.1) is 10.2 Å². The van der Waals surface area contributed by atoms with Crippen LogP contribution in [0.15, 0.2) is 48.5 Å². The predicted molar refractivity (Wildman–Crippen MR) is 126 cm³/mol. The number of rotatable bonds is 5. The lowest BCUT2D eigenvalue weighted by Crippen LogP contribution is -2.45. The Labute approximate surface area is 193 Å². The maximum absolute atomic E-state index is 6.26. The van der Waals surface area contributed by atoms with Crippen molar-refractivity contribution < 1.29 is 9.47 Å². The largest absolute Gasteiger partial charge is 0.347 e. The maximum Gasteiger partial charge on any atom is 0.245 e. The van der Waals surface area contributed by atoms with Gasteiger partial charge >= 0.3 is 0 Å². The quantitative estimate of drug-likeness (QED) is 0.535. The van der Waals surface area contributed by atoms with Crippen molar-refractivity contribution in [3.63, 3.8) is 0 Å². The van der Waals surface area contributed by atoms with Gasteiger partial charge in [-0.2, -0.15) is 0 Å². The number of piperidine rings is 1. The lowest BCUT2D eigenvalue weighted by atomic mass is 10.0. The van der Waals surface area contributed by atoms with Crippen LogP contribution < -0.4 is 4.90 Å². The highest BCUT2D eigenvalue weighted by molar-refractivity contribution is 6.30. The van der Waals surface area contributed by atoms with E-state index in [4.69, 9.17) is 26.1 Å². The van der Waals surface area contributed by atoms with Crippen LogP contribution in [0, 0.1) is 0 Å². The molecule has 2 aliphatic rings. The molecule has 166 valence electrons. The summed E-state index contributed by atoms with van der Waals surface area (Å²) in [6.45, 7) is 5.07. The molecule has 2 aromatic carbocycles. The van der Waals surface area contributed by atoms with Gasteiger partial charge in [0.25, 0.3) is 0 Å². The molecule has 1 spiro atoms. The summed E-state index contributed by atoms with van der Waals surface area (Å²) in [5, 5.41) is 9.77. The number of hydrogen-bond donors (Lipinski definition) is 0. The summed E-state index contributed by atoms with van der Waals surface area (Å²) in [7, 11) is 0. The van der Waals surface area contributed by atoms with Crippen molar-refractivity contribution in [3.8, 4) is 22.5 Å². The van der Waals surface area contributed by atoms with E-state index in [1.165, 1.54) is 5.56 Å². The Balaban J connectivity index is 1.49. The summed E-state index contributed by atoms with van der Waals surface area (Å²) in [4.78, 5) is 7.16. The second-order valence-corrected chi connectivity index (χ2v) is 8.80. The second-order valence-electron chi connectivity index (χ2n) is 8.36. The van der Waals surface area contributed by atoms with Gasteiger partial charge in [0.15, 0.2) is 5.79 Å². The zero-order valence-corrected chi connectivity index (χ0v) is 19.0. The first-order valence-electron chi connectivity index (χ1n) is 11.3. The summed E-state index contributed by atoms with van der Waals surface area (Å²) in [5.41, 5.74) is 4.79. The Kier molecular flexibility index (Phi) is 6.09. The predicted octanol–water partition coefficient (Wildman–Crippen LogP) is 5.15. The summed E-state index contributed by atoms with van der Waals surface area (Å²) < 4.78 is 11.7.